The third-order valence-corrected chi connectivity index (χ3v) is 6.17. The number of hydrogen-bond acceptors (Lipinski definition) is 2. The molecule has 0 saturated heterocycles. The molecule has 5 heteroatoms. The topological polar surface area (TPSA) is 54.4 Å². The Balaban J connectivity index is 2.34. The molecule has 0 spiro atoms. The van der Waals surface area contributed by atoms with Crippen LogP contribution in [0.3, 0.4) is 0 Å². The van der Waals surface area contributed by atoms with E-state index >= 15 is 0 Å². The summed E-state index contributed by atoms with van der Waals surface area (Å²) in [4.78, 5) is 0. The van der Waals surface area contributed by atoms with Crippen molar-refractivity contribution in [3.05, 3.63) is 95.3 Å². The number of rotatable bonds is 3. The van der Waals surface area contributed by atoms with Crippen molar-refractivity contribution in [2.45, 2.75) is 10.7 Å². The highest BCUT2D eigenvalue weighted by atomic mass is 32.2. The lowest BCUT2D eigenvalue weighted by atomic mass is 9.77. The highest BCUT2D eigenvalue weighted by molar-refractivity contribution is 7.87. The fourth-order valence-electron chi connectivity index (χ4n) is 3.17. The highest BCUT2D eigenvalue weighted by Crippen LogP contribution is 2.51. The van der Waals surface area contributed by atoms with Crippen LogP contribution in [0.1, 0.15) is 17.0 Å². The molecule has 0 aromatic heterocycles. The molecule has 1 N–H and O–H groups in total. The Morgan fingerprint density at radius 2 is 1.52 bits per heavy atom. The van der Waals surface area contributed by atoms with Gasteiger partial charge in [-0.05, 0) is 16.4 Å². The molecule has 3 atom stereocenters. The fraction of sp³-hybridized carbons (Fsp3) is 0.111. The van der Waals surface area contributed by atoms with Gasteiger partial charge < -0.3 is 0 Å². The van der Waals surface area contributed by atoms with Crippen LogP contribution in [0.5, 0.6) is 0 Å². The largest absolute Gasteiger partial charge is 0.285 e. The van der Waals surface area contributed by atoms with Gasteiger partial charge in [0.2, 0.25) is 0 Å². The van der Waals surface area contributed by atoms with Crippen molar-refractivity contribution < 1.29 is 13.0 Å². The predicted octanol–water partition coefficient (Wildman–Crippen LogP) is 3.88. The summed E-state index contributed by atoms with van der Waals surface area (Å²) in [7, 11) is -1.81. The molecule has 3 rings (SSSR count). The van der Waals surface area contributed by atoms with Gasteiger partial charge in [0.25, 0.3) is 10.1 Å². The van der Waals surface area contributed by atoms with E-state index in [1.165, 1.54) is 0 Å². The first-order chi connectivity index (χ1) is 11.0. The summed E-state index contributed by atoms with van der Waals surface area (Å²) in [5.74, 6) is -0.518. The van der Waals surface area contributed by atoms with E-state index in [0.717, 1.165) is 10.9 Å². The number of allylic oxidation sites excluding steroid dienone is 3. The molecule has 0 amide bonds. The average molecular weight is 344 g/mol. The average Bonchev–Trinajstić information content (AvgIpc) is 2.55. The lowest BCUT2D eigenvalue weighted by Gasteiger charge is -2.39. The van der Waals surface area contributed by atoms with E-state index in [9.17, 15) is 13.0 Å². The Morgan fingerprint density at radius 1 is 0.957 bits per heavy atom. The fourth-order valence-corrected chi connectivity index (χ4v) is 5.11. The molecule has 0 bridgehead atoms. The Morgan fingerprint density at radius 3 is 2.09 bits per heavy atom. The number of benzene rings is 2. The van der Waals surface area contributed by atoms with Crippen LogP contribution in [0.25, 0.3) is 0 Å². The van der Waals surface area contributed by atoms with Crippen LogP contribution in [-0.4, -0.2) is 13.0 Å². The summed E-state index contributed by atoms with van der Waals surface area (Å²) in [6.45, 7) is 0. The summed E-state index contributed by atoms with van der Waals surface area (Å²) in [5, 5.41) is 0.806. The van der Waals surface area contributed by atoms with E-state index in [1.54, 1.807) is 36.4 Å². The van der Waals surface area contributed by atoms with Gasteiger partial charge in [-0.1, -0.05) is 78.9 Å². The molecule has 3 unspecified atom stereocenters. The molecule has 1 aliphatic carbocycles. The molecular formula is C18H17O3PS. The van der Waals surface area contributed by atoms with E-state index in [-0.39, 0.29) is 0 Å². The minimum absolute atomic E-state index is 0.518. The summed E-state index contributed by atoms with van der Waals surface area (Å²) in [6, 6.07) is 18.2. The van der Waals surface area contributed by atoms with Crippen LogP contribution in [0.4, 0.5) is 0 Å². The zero-order valence-corrected chi connectivity index (χ0v) is 14.3. The minimum Gasteiger partial charge on any atom is -0.285 e. The Kier molecular flexibility index (Phi) is 4.24. The van der Waals surface area contributed by atoms with Crippen molar-refractivity contribution in [3.63, 3.8) is 0 Å². The van der Waals surface area contributed by atoms with E-state index in [0.29, 0.717) is 5.56 Å². The van der Waals surface area contributed by atoms with Gasteiger partial charge in [0.1, 0.15) is 0 Å². The van der Waals surface area contributed by atoms with Crippen LogP contribution < -0.4 is 0 Å². The van der Waals surface area contributed by atoms with Gasteiger partial charge in [-0.15, -0.1) is 9.24 Å². The quantitative estimate of drug-likeness (QED) is 0.679. The first kappa shape index (κ1) is 16.1. The van der Waals surface area contributed by atoms with Gasteiger partial charge in [-0.3, -0.25) is 4.55 Å². The van der Waals surface area contributed by atoms with Gasteiger partial charge in [0.15, 0.2) is 4.75 Å². The maximum atomic E-state index is 12.5. The SMILES string of the molecule is O=S(=O)(O)C1(c2ccccc2)C=CC=C(P)C1c1ccccc1. The molecule has 0 aliphatic heterocycles. The Hall–Kier alpha value is -1.74. The second-order valence-corrected chi connectivity index (χ2v) is 7.80. The van der Waals surface area contributed by atoms with E-state index < -0.39 is 20.8 Å². The highest BCUT2D eigenvalue weighted by Gasteiger charge is 2.51. The van der Waals surface area contributed by atoms with Crippen molar-refractivity contribution in [3.8, 4) is 0 Å². The summed E-state index contributed by atoms with van der Waals surface area (Å²) in [6.07, 6.45) is 5.11. The summed E-state index contributed by atoms with van der Waals surface area (Å²) in [5.41, 5.74) is 1.38. The first-order valence-electron chi connectivity index (χ1n) is 7.19. The maximum absolute atomic E-state index is 12.5. The minimum atomic E-state index is -4.41. The molecule has 118 valence electrons. The molecule has 2 aromatic carbocycles. The third-order valence-electron chi connectivity index (χ3n) is 4.18. The van der Waals surface area contributed by atoms with Crippen molar-refractivity contribution in [1.82, 2.24) is 0 Å². The number of hydrogen-bond donors (Lipinski definition) is 1. The molecule has 0 saturated carbocycles. The van der Waals surface area contributed by atoms with Crippen molar-refractivity contribution in [2.24, 2.45) is 0 Å². The molecule has 23 heavy (non-hydrogen) atoms. The maximum Gasteiger partial charge on any atom is 0.279 e. The molecule has 3 nitrogen and oxygen atoms in total. The molecule has 1 aliphatic rings. The second-order valence-electron chi connectivity index (χ2n) is 5.50. The monoisotopic (exact) mass is 344 g/mol. The smallest absolute Gasteiger partial charge is 0.279 e. The Bertz CT molecular complexity index is 858. The van der Waals surface area contributed by atoms with Crippen LogP contribution in [0, 0.1) is 0 Å². The van der Waals surface area contributed by atoms with Crippen molar-refractivity contribution >= 4 is 19.4 Å². The second kappa shape index (κ2) is 6.04. The Labute approximate surface area is 138 Å². The van der Waals surface area contributed by atoms with Crippen LogP contribution in [-0.2, 0) is 14.9 Å². The third kappa shape index (κ3) is 2.67. The standard InChI is InChI=1S/C18H17O3PS/c19-23(20,21)18(15-10-5-2-6-11-15)13-7-12-16(22)17(18)14-8-3-1-4-9-14/h1-13,17H,22H2,(H,19,20,21). The van der Waals surface area contributed by atoms with Crippen molar-refractivity contribution in [2.75, 3.05) is 0 Å². The van der Waals surface area contributed by atoms with Gasteiger partial charge in [-0.25, -0.2) is 0 Å². The molecule has 0 heterocycles. The zero-order chi connectivity index (χ0) is 16.5. The molecule has 2 aromatic rings. The van der Waals surface area contributed by atoms with Gasteiger partial charge in [0, 0.05) is 5.92 Å². The van der Waals surface area contributed by atoms with E-state index in [2.05, 4.69) is 9.24 Å². The molecule has 0 fully saturated rings. The predicted molar refractivity (Wildman–Crippen MR) is 95.8 cm³/mol. The first-order valence-corrected chi connectivity index (χ1v) is 9.21. The summed E-state index contributed by atoms with van der Waals surface area (Å²) < 4.78 is 33.7. The van der Waals surface area contributed by atoms with E-state index in [4.69, 9.17) is 0 Å². The lowest BCUT2D eigenvalue weighted by molar-refractivity contribution is 0.435. The van der Waals surface area contributed by atoms with Gasteiger partial charge in [-0.2, -0.15) is 8.42 Å². The van der Waals surface area contributed by atoms with Crippen LogP contribution in [0.2, 0.25) is 0 Å². The van der Waals surface area contributed by atoms with Crippen LogP contribution >= 0.6 is 9.24 Å². The summed E-state index contributed by atoms with van der Waals surface area (Å²) >= 11 is 0. The molecular weight excluding hydrogens is 327 g/mol. The van der Waals surface area contributed by atoms with E-state index in [1.807, 2.05) is 42.5 Å². The van der Waals surface area contributed by atoms with Crippen molar-refractivity contribution in [1.29, 1.82) is 0 Å². The van der Waals surface area contributed by atoms with Gasteiger partial charge in [0.05, 0.1) is 0 Å². The molecule has 0 radical (unpaired) electrons. The van der Waals surface area contributed by atoms with Gasteiger partial charge >= 0.3 is 0 Å². The van der Waals surface area contributed by atoms with Crippen LogP contribution in [0.15, 0.2) is 84.2 Å². The zero-order valence-electron chi connectivity index (χ0n) is 12.3. The normalized spacial score (nSPS) is 24.3. The lowest BCUT2D eigenvalue weighted by Crippen LogP contribution is -2.41.